The molecule has 2 N–H and O–H groups in total. The van der Waals surface area contributed by atoms with Crippen LogP contribution in [0.15, 0.2) is 17.1 Å². The molecule has 1 unspecified atom stereocenters. The number of halogens is 1. The van der Waals surface area contributed by atoms with Gasteiger partial charge in [-0.1, -0.05) is 0 Å². The third-order valence-electron chi connectivity index (χ3n) is 3.45. The van der Waals surface area contributed by atoms with Crippen LogP contribution in [0.25, 0.3) is 0 Å². The second-order valence-electron chi connectivity index (χ2n) is 5.21. The van der Waals surface area contributed by atoms with Gasteiger partial charge in [-0.2, -0.15) is 0 Å². The largest absolute Gasteiger partial charge is 0.373 e. The Morgan fingerprint density at radius 1 is 1.50 bits per heavy atom. The van der Waals surface area contributed by atoms with Crippen molar-refractivity contribution in [3.05, 3.63) is 19.9 Å². The van der Waals surface area contributed by atoms with E-state index in [1.165, 1.54) is 7.76 Å². The van der Waals surface area contributed by atoms with Gasteiger partial charge in [0.25, 0.3) is 0 Å². The summed E-state index contributed by atoms with van der Waals surface area (Å²) in [6.07, 6.45) is 3.30. The van der Waals surface area contributed by atoms with Gasteiger partial charge >= 0.3 is 0 Å². The number of nitrogens with zero attached hydrogens (tertiary/aromatic N) is 1. The molecule has 4 nitrogen and oxygen atoms in total. The second-order valence-corrected chi connectivity index (χ2v) is 8.27. The zero-order valence-electron chi connectivity index (χ0n) is 12.0. The molecule has 2 rings (SSSR count). The Kier molecular flexibility index (Phi) is 6.10. The van der Waals surface area contributed by atoms with Crippen molar-refractivity contribution >= 4 is 39.9 Å². The molecular formula is C14H22IN3OS. The zero-order chi connectivity index (χ0) is 14.4. The van der Waals surface area contributed by atoms with Gasteiger partial charge in [-0.3, -0.25) is 4.99 Å². The molecule has 0 saturated carbocycles. The van der Waals surface area contributed by atoms with E-state index in [0.29, 0.717) is 0 Å². The third-order valence-corrected chi connectivity index (χ3v) is 5.40. The summed E-state index contributed by atoms with van der Waals surface area (Å²) in [5.41, 5.74) is -0.0402. The lowest BCUT2D eigenvalue weighted by molar-refractivity contribution is 0.0243. The Morgan fingerprint density at radius 3 is 2.95 bits per heavy atom. The molecule has 20 heavy (non-hydrogen) atoms. The average Bonchev–Trinajstić information content (AvgIpc) is 3.03. The van der Waals surface area contributed by atoms with Crippen molar-refractivity contribution in [3.8, 4) is 0 Å². The van der Waals surface area contributed by atoms with E-state index in [1.54, 1.807) is 7.05 Å². The topological polar surface area (TPSA) is 45.7 Å². The van der Waals surface area contributed by atoms with Gasteiger partial charge in [0.2, 0.25) is 0 Å². The molecule has 1 aliphatic rings. The van der Waals surface area contributed by atoms with Gasteiger partial charge in [0, 0.05) is 31.6 Å². The molecule has 0 bridgehead atoms. The third kappa shape index (κ3) is 4.89. The van der Waals surface area contributed by atoms with Crippen molar-refractivity contribution in [1.82, 2.24) is 10.6 Å². The van der Waals surface area contributed by atoms with E-state index in [1.807, 2.05) is 11.3 Å². The van der Waals surface area contributed by atoms with E-state index in [-0.39, 0.29) is 5.60 Å². The van der Waals surface area contributed by atoms with E-state index in [4.69, 9.17) is 4.74 Å². The summed E-state index contributed by atoms with van der Waals surface area (Å²) >= 11 is 4.20. The van der Waals surface area contributed by atoms with Crippen LogP contribution in [-0.4, -0.2) is 38.3 Å². The first-order valence-electron chi connectivity index (χ1n) is 6.94. The highest BCUT2D eigenvalue weighted by molar-refractivity contribution is 14.1. The van der Waals surface area contributed by atoms with Crippen molar-refractivity contribution in [3.63, 3.8) is 0 Å². The molecule has 1 aromatic rings. The second kappa shape index (κ2) is 7.61. The molecule has 1 aliphatic heterocycles. The lowest BCUT2D eigenvalue weighted by atomic mass is 10.0. The SMILES string of the molecule is CN=C(NCCc1ccc(I)s1)NCC1(C)CCCO1. The first-order chi connectivity index (χ1) is 9.61. The zero-order valence-corrected chi connectivity index (χ0v) is 15.0. The minimum absolute atomic E-state index is 0.0402. The molecular weight excluding hydrogens is 385 g/mol. The first-order valence-corrected chi connectivity index (χ1v) is 8.83. The van der Waals surface area contributed by atoms with Crippen molar-refractivity contribution < 1.29 is 4.74 Å². The van der Waals surface area contributed by atoms with Gasteiger partial charge in [-0.25, -0.2) is 0 Å². The number of rotatable bonds is 5. The summed E-state index contributed by atoms with van der Waals surface area (Å²) in [6.45, 7) is 4.74. The normalized spacial score (nSPS) is 23.1. The number of guanidine groups is 1. The van der Waals surface area contributed by atoms with Gasteiger partial charge < -0.3 is 15.4 Å². The Balaban J connectivity index is 1.70. The van der Waals surface area contributed by atoms with Crippen LogP contribution in [0.4, 0.5) is 0 Å². The van der Waals surface area contributed by atoms with Gasteiger partial charge in [0.05, 0.1) is 8.48 Å². The highest BCUT2D eigenvalue weighted by Crippen LogP contribution is 2.23. The van der Waals surface area contributed by atoms with Crippen molar-refractivity contribution in [2.75, 3.05) is 26.7 Å². The highest BCUT2D eigenvalue weighted by atomic mass is 127. The fourth-order valence-electron chi connectivity index (χ4n) is 2.26. The van der Waals surface area contributed by atoms with Crippen LogP contribution in [0, 0.1) is 2.88 Å². The van der Waals surface area contributed by atoms with E-state index in [0.717, 1.165) is 44.9 Å². The summed E-state index contributed by atoms with van der Waals surface area (Å²) < 4.78 is 7.11. The van der Waals surface area contributed by atoms with Crippen LogP contribution >= 0.6 is 33.9 Å². The summed E-state index contributed by atoms with van der Waals surface area (Å²) in [5.74, 6) is 0.855. The van der Waals surface area contributed by atoms with E-state index in [9.17, 15) is 0 Å². The lowest BCUT2D eigenvalue weighted by Crippen LogP contribution is -2.45. The first kappa shape index (κ1) is 16.0. The van der Waals surface area contributed by atoms with E-state index < -0.39 is 0 Å². The lowest BCUT2D eigenvalue weighted by Gasteiger charge is -2.24. The van der Waals surface area contributed by atoms with Gasteiger partial charge in [0.1, 0.15) is 0 Å². The summed E-state index contributed by atoms with van der Waals surface area (Å²) in [6, 6.07) is 4.35. The molecule has 6 heteroatoms. The fraction of sp³-hybridized carbons (Fsp3) is 0.643. The number of thiophene rings is 1. The van der Waals surface area contributed by atoms with Crippen LogP contribution in [0.5, 0.6) is 0 Å². The van der Waals surface area contributed by atoms with E-state index >= 15 is 0 Å². The molecule has 0 amide bonds. The standard InChI is InChI=1S/C14H22IN3OS/c1-14(7-3-9-19-14)10-18-13(16-2)17-8-6-11-4-5-12(15)20-11/h4-5H,3,6-10H2,1-2H3,(H2,16,17,18). The maximum atomic E-state index is 5.77. The molecule has 1 aromatic heterocycles. The fourth-order valence-corrected chi connectivity index (χ4v) is 4.01. The minimum atomic E-state index is -0.0402. The Bertz CT molecular complexity index is 455. The molecule has 0 aromatic carbocycles. The highest BCUT2D eigenvalue weighted by Gasteiger charge is 2.29. The van der Waals surface area contributed by atoms with Gasteiger partial charge in [-0.05, 0) is 60.9 Å². The van der Waals surface area contributed by atoms with Crippen LogP contribution in [-0.2, 0) is 11.2 Å². The Hall–Kier alpha value is -0.340. The summed E-state index contributed by atoms with van der Waals surface area (Å²) in [5, 5.41) is 6.72. The Labute approximate surface area is 138 Å². The van der Waals surface area contributed by atoms with Crippen LogP contribution < -0.4 is 10.6 Å². The number of ether oxygens (including phenoxy) is 1. The molecule has 0 aliphatic carbocycles. The number of aliphatic imine (C=N–C) groups is 1. The van der Waals surface area contributed by atoms with Crippen LogP contribution in [0.2, 0.25) is 0 Å². The molecule has 1 fully saturated rings. The maximum absolute atomic E-state index is 5.77. The predicted molar refractivity (Wildman–Crippen MR) is 93.7 cm³/mol. The van der Waals surface area contributed by atoms with E-state index in [2.05, 4.69) is 57.3 Å². The molecule has 0 spiro atoms. The number of nitrogens with one attached hydrogen (secondary N) is 2. The Morgan fingerprint density at radius 2 is 2.35 bits per heavy atom. The monoisotopic (exact) mass is 407 g/mol. The van der Waals surface area contributed by atoms with Crippen molar-refractivity contribution in [1.29, 1.82) is 0 Å². The molecule has 0 radical (unpaired) electrons. The summed E-state index contributed by atoms with van der Waals surface area (Å²) in [4.78, 5) is 5.66. The summed E-state index contributed by atoms with van der Waals surface area (Å²) in [7, 11) is 1.81. The maximum Gasteiger partial charge on any atom is 0.191 e. The van der Waals surface area contributed by atoms with Gasteiger partial charge in [-0.15, -0.1) is 11.3 Å². The number of hydrogen-bond donors (Lipinski definition) is 2. The van der Waals surface area contributed by atoms with Crippen molar-refractivity contribution in [2.45, 2.75) is 31.8 Å². The molecule has 1 saturated heterocycles. The average molecular weight is 407 g/mol. The smallest absolute Gasteiger partial charge is 0.191 e. The molecule has 2 heterocycles. The number of hydrogen-bond acceptors (Lipinski definition) is 3. The minimum Gasteiger partial charge on any atom is -0.373 e. The quantitative estimate of drug-likeness (QED) is 0.448. The van der Waals surface area contributed by atoms with Crippen LogP contribution in [0.3, 0.4) is 0 Å². The molecule has 112 valence electrons. The molecule has 1 atom stereocenters. The van der Waals surface area contributed by atoms with Gasteiger partial charge in [0.15, 0.2) is 5.96 Å². The van der Waals surface area contributed by atoms with Crippen LogP contribution in [0.1, 0.15) is 24.6 Å². The predicted octanol–water partition coefficient (Wildman–Crippen LogP) is 2.63. The van der Waals surface area contributed by atoms with Crippen molar-refractivity contribution in [2.24, 2.45) is 4.99 Å².